The standard InChI is InChI=1S/C16H20F4N2O.2ClH/c1-11(2)9-15(22-7-5-21-6-8-22)13-10-12(3-4-14(13)17)23-16(18,19)20;;/h3-4,10,15,21H,1,5-9H2,2H3;2*1H/t15-;;/m0../s1. The van der Waals surface area contributed by atoms with Gasteiger partial charge in [-0.05, 0) is 31.5 Å². The van der Waals surface area contributed by atoms with Gasteiger partial charge in [-0.15, -0.1) is 44.6 Å². The number of hydrogen-bond acceptors (Lipinski definition) is 3. The molecule has 1 aromatic rings. The normalized spacial score (nSPS) is 16.4. The van der Waals surface area contributed by atoms with Crippen molar-refractivity contribution in [2.45, 2.75) is 25.7 Å². The van der Waals surface area contributed by atoms with Crippen molar-refractivity contribution in [3.8, 4) is 5.75 Å². The Labute approximate surface area is 157 Å². The summed E-state index contributed by atoms with van der Waals surface area (Å²) in [6.07, 6.45) is -4.32. The summed E-state index contributed by atoms with van der Waals surface area (Å²) >= 11 is 0. The zero-order chi connectivity index (χ0) is 17.0. The number of hydrogen-bond donors (Lipinski definition) is 1. The maximum atomic E-state index is 14.2. The number of ether oxygens (including phenoxy) is 1. The van der Waals surface area contributed by atoms with Crippen molar-refractivity contribution in [3.63, 3.8) is 0 Å². The number of nitrogens with zero attached hydrogens (tertiary/aromatic N) is 1. The first-order valence-corrected chi connectivity index (χ1v) is 7.40. The molecule has 1 aliphatic heterocycles. The molecular formula is C16H22Cl2F4N2O. The summed E-state index contributed by atoms with van der Waals surface area (Å²) in [7, 11) is 0. The topological polar surface area (TPSA) is 24.5 Å². The van der Waals surface area contributed by atoms with Crippen molar-refractivity contribution in [2.24, 2.45) is 0 Å². The molecule has 0 radical (unpaired) electrons. The van der Waals surface area contributed by atoms with E-state index in [2.05, 4.69) is 21.5 Å². The summed E-state index contributed by atoms with van der Waals surface area (Å²) in [4.78, 5) is 2.06. The van der Waals surface area contributed by atoms with E-state index < -0.39 is 17.9 Å². The van der Waals surface area contributed by atoms with Gasteiger partial charge in [0.25, 0.3) is 0 Å². The highest BCUT2D eigenvalue weighted by molar-refractivity contribution is 5.85. The van der Waals surface area contributed by atoms with Crippen LogP contribution in [-0.4, -0.2) is 37.4 Å². The number of rotatable bonds is 5. The first-order chi connectivity index (χ1) is 10.8. The summed E-state index contributed by atoms with van der Waals surface area (Å²) in [5, 5.41) is 3.20. The molecular weight excluding hydrogens is 383 g/mol. The third kappa shape index (κ3) is 7.40. The van der Waals surface area contributed by atoms with Crippen molar-refractivity contribution < 1.29 is 22.3 Å². The molecule has 1 aliphatic rings. The van der Waals surface area contributed by atoms with Crippen LogP contribution in [0, 0.1) is 5.82 Å². The minimum absolute atomic E-state index is 0. The lowest BCUT2D eigenvalue weighted by atomic mass is 9.97. The molecule has 1 fully saturated rings. The van der Waals surface area contributed by atoms with E-state index in [9.17, 15) is 17.6 Å². The van der Waals surface area contributed by atoms with Crippen LogP contribution in [0.5, 0.6) is 5.75 Å². The highest BCUT2D eigenvalue weighted by Crippen LogP contribution is 2.33. The van der Waals surface area contributed by atoms with Crippen molar-refractivity contribution in [1.82, 2.24) is 10.2 Å². The molecule has 1 aromatic carbocycles. The van der Waals surface area contributed by atoms with Crippen LogP contribution in [0.1, 0.15) is 24.9 Å². The second kappa shape index (κ2) is 10.2. The molecule has 2 rings (SSSR count). The van der Waals surface area contributed by atoms with E-state index in [4.69, 9.17) is 0 Å². The zero-order valence-electron chi connectivity index (χ0n) is 13.7. The number of halogens is 6. The summed E-state index contributed by atoms with van der Waals surface area (Å²) in [6.45, 7) is 8.58. The Morgan fingerprint density at radius 2 is 1.88 bits per heavy atom. The summed E-state index contributed by atoms with van der Waals surface area (Å²) in [6, 6.07) is 2.79. The fraction of sp³-hybridized carbons (Fsp3) is 0.500. The lowest BCUT2D eigenvalue weighted by molar-refractivity contribution is -0.274. The predicted octanol–water partition coefficient (Wildman–Crippen LogP) is 4.48. The minimum Gasteiger partial charge on any atom is -0.406 e. The van der Waals surface area contributed by atoms with Gasteiger partial charge in [-0.2, -0.15) is 0 Å². The first-order valence-electron chi connectivity index (χ1n) is 7.40. The number of alkyl halides is 3. The monoisotopic (exact) mass is 404 g/mol. The van der Waals surface area contributed by atoms with Crippen molar-refractivity contribution in [1.29, 1.82) is 0 Å². The molecule has 0 amide bonds. The van der Waals surface area contributed by atoms with E-state index in [1.807, 2.05) is 6.92 Å². The van der Waals surface area contributed by atoms with E-state index in [-0.39, 0.29) is 36.4 Å². The third-order valence-corrected chi connectivity index (χ3v) is 3.69. The van der Waals surface area contributed by atoms with Crippen molar-refractivity contribution >= 4 is 24.8 Å². The Bertz CT molecular complexity index is 564. The predicted molar refractivity (Wildman–Crippen MR) is 94.2 cm³/mol. The van der Waals surface area contributed by atoms with Gasteiger partial charge in [-0.3, -0.25) is 4.90 Å². The molecule has 0 saturated carbocycles. The molecule has 0 aliphatic carbocycles. The Kier molecular flexibility index (Phi) is 9.79. The van der Waals surface area contributed by atoms with Gasteiger partial charge in [-0.1, -0.05) is 5.57 Å². The first kappa shape index (κ1) is 24.0. The Morgan fingerprint density at radius 3 is 2.40 bits per heavy atom. The van der Waals surface area contributed by atoms with Gasteiger partial charge in [0.15, 0.2) is 0 Å². The molecule has 0 bridgehead atoms. The summed E-state index contributed by atoms with van der Waals surface area (Å²) in [5.41, 5.74) is 1.05. The fourth-order valence-corrected chi connectivity index (χ4v) is 2.73. The fourth-order valence-electron chi connectivity index (χ4n) is 2.73. The molecule has 9 heteroatoms. The average Bonchev–Trinajstić information content (AvgIpc) is 2.46. The molecule has 1 atom stereocenters. The largest absolute Gasteiger partial charge is 0.573 e. The maximum absolute atomic E-state index is 14.2. The van der Waals surface area contributed by atoms with Gasteiger partial charge < -0.3 is 10.1 Å². The maximum Gasteiger partial charge on any atom is 0.573 e. The summed E-state index contributed by atoms with van der Waals surface area (Å²) < 4.78 is 55.3. The molecule has 25 heavy (non-hydrogen) atoms. The van der Waals surface area contributed by atoms with Crippen LogP contribution < -0.4 is 10.1 Å². The zero-order valence-corrected chi connectivity index (χ0v) is 15.4. The Hall–Kier alpha value is -1.02. The highest BCUT2D eigenvalue weighted by atomic mass is 35.5. The average molecular weight is 405 g/mol. The molecule has 0 spiro atoms. The Morgan fingerprint density at radius 1 is 1.28 bits per heavy atom. The van der Waals surface area contributed by atoms with E-state index in [1.165, 1.54) is 0 Å². The van der Waals surface area contributed by atoms with Gasteiger partial charge in [0.1, 0.15) is 11.6 Å². The van der Waals surface area contributed by atoms with E-state index >= 15 is 0 Å². The number of nitrogens with one attached hydrogen (secondary N) is 1. The lowest BCUT2D eigenvalue weighted by Crippen LogP contribution is -2.45. The van der Waals surface area contributed by atoms with E-state index in [0.29, 0.717) is 19.5 Å². The van der Waals surface area contributed by atoms with Crippen LogP contribution in [0.3, 0.4) is 0 Å². The van der Waals surface area contributed by atoms with E-state index in [0.717, 1.165) is 36.9 Å². The Balaban J connectivity index is 0.00000288. The van der Waals surface area contributed by atoms with Gasteiger partial charge in [-0.25, -0.2) is 4.39 Å². The van der Waals surface area contributed by atoms with Crippen molar-refractivity contribution in [3.05, 3.63) is 41.7 Å². The molecule has 0 unspecified atom stereocenters. The van der Waals surface area contributed by atoms with Crippen LogP contribution in [0.25, 0.3) is 0 Å². The van der Waals surface area contributed by atoms with Crippen LogP contribution in [0.15, 0.2) is 30.4 Å². The molecule has 1 saturated heterocycles. The highest BCUT2D eigenvalue weighted by Gasteiger charge is 2.32. The van der Waals surface area contributed by atoms with Crippen molar-refractivity contribution in [2.75, 3.05) is 26.2 Å². The second-order valence-electron chi connectivity index (χ2n) is 5.69. The molecule has 1 heterocycles. The van der Waals surface area contributed by atoms with Crippen LogP contribution in [0.4, 0.5) is 17.6 Å². The van der Waals surface area contributed by atoms with Crippen LogP contribution in [-0.2, 0) is 0 Å². The lowest BCUT2D eigenvalue weighted by Gasteiger charge is -2.35. The van der Waals surface area contributed by atoms with Crippen LogP contribution >= 0.6 is 24.8 Å². The molecule has 0 aromatic heterocycles. The minimum atomic E-state index is -4.80. The molecule has 144 valence electrons. The van der Waals surface area contributed by atoms with Gasteiger partial charge >= 0.3 is 6.36 Å². The van der Waals surface area contributed by atoms with Gasteiger partial charge in [0, 0.05) is 37.8 Å². The number of benzene rings is 1. The molecule has 1 N–H and O–H groups in total. The second-order valence-corrected chi connectivity index (χ2v) is 5.69. The smallest absolute Gasteiger partial charge is 0.406 e. The number of piperazine rings is 1. The van der Waals surface area contributed by atoms with Crippen LogP contribution in [0.2, 0.25) is 0 Å². The summed E-state index contributed by atoms with van der Waals surface area (Å²) in [5.74, 6) is -0.944. The van der Waals surface area contributed by atoms with E-state index in [1.54, 1.807) is 0 Å². The third-order valence-electron chi connectivity index (χ3n) is 3.69. The van der Waals surface area contributed by atoms with Gasteiger partial charge in [0.2, 0.25) is 0 Å². The van der Waals surface area contributed by atoms with Gasteiger partial charge in [0.05, 0.1) is 0 Å². The SMILES string of the molecule is C=C(C)C[C@@H](c1cc(OC(F)(F)F)ccc1F)N1CCNCC1.Cl.Cl. The molecule has 3 nitrogen and oxygen atoms in total. The quantitative estimate of drug-likeness (QED) is 0.578.